The average molecular weight is 478 g/mol. The minimum atomic E-state index is -0.493. The third-order valence-corrected chi connectivity index (χ3v) is 5.09. The number of hydrogen-bond donors (Lipinski definition) is 0. The molecule has 0 saturated carbocycles. The lowest BCUT2D eigenvalue weighted by atomic mass is 10.1. The third-order valence-electron chi connectivity index (χ3n) is 4.60. The Morgan fingerprint density at radius 1 is 0.935 bits per heavy atom. The highest BCUT2D eigenvalue weighted by molar-refractivity contribution is 9.10. The summed E-state index contributed by atoms with van der Waals surface area (Å²) in [7, 11) is 0. The van der Waals surface area contributed by atoms with Gasteiger partial charge in [0.05, 0.1) is 0 Å². The fourth-order valence-corrected chi connectivity index (χ4v) is 3.42. The molecule has 0 unspecified atom stereocenters. The highest BCUT2D eigenvalue weighted by Gasteiger charge is 2.24. The van der Waals surface area contributed by atoms with Crippen LogP contribution in [0.2, 0.25) is 0 Å². The molecular weight excluding hydrogens is 458 g/mol. The molecule has 4 rings (SSSR count). The van der Waals surface area contributed by atoms with Crippen molar-refractivity contribution in [3.63, 3.8) is 0 Å². The normalized spacial score (nSPS) is 14.3. The number of cyclic esters (lactones) is 1. The van der Waals surface area contributed by atoms with Gasteiger partial charge in [0, 0.05) is 15.6 Å². The van der Waals surface area contributed by atoms with Crippen LogP contribution < -0.4 is 9.47 Å². The van der Waals surface area contributed by atoms with Crippen LogP contribution in [0.4, 0.5) is 0 Å². The van der Waals surface area contributed by atoms with E-state index in [-0.39, 0.29) is 5.70 Å². The first-order chi connectivity index (χ1) is 15.1. The van der Waals surface area contributed by atoms with Gasteiger partial charge in [0.1, 0.15) is 24.7 Å². The van der Waals surface area contributed by atoms with Gasteiger partial charge < -0.3 is 14.2 Å². The van der Waals surface area contributed by atoms with E-state index in [1.54, 1.807) is 6.08 Å². The molecule has 1 aliphatic rings. The van der Waals surface area contributed by atoms with Gasteiger partial charge in [0.25, 0.3) is 0 Å². The van der Waals surface area contributed by atoms with Crippen LogP contribution in [0.25, 0.3) is 6.08 Å². The lowest BCUT2D eigenvalue weighted by Gasteiger charge is -2.12. The Morgan fingerprint density at radius 2 is 1.65 bits per heavy atom. The molecule has 0 spiro atoms. The Morgan fingerprint density at radius 3 is 2.42 bits per heavy atom. The van der Waals surface area contributed by atoms with Crippen LogP contribution in [-0.4, -0.2) is 25.1 Å². The van der Waals surface area contributed by atoms with Crippen molar-refractivity contribution < 1.29 is 19.0 Å². The maximum absolute atomic E-state index is 12.3. The smallest absolute Gasteiger partial charge is 0.363 e. The van der Waals surface area contributed by atoms with Gasteiger partial charge in [-0.1, -0.05) is 52.3 Å². The number of ether oxygens (including phenoxy) is 3. The topological polar surface area (TPSA) is 57.1 Å². The zero-order valence-electron chi connectivity index (χ0n) is 16.9. The van der Waals surface area contributed by atoms with Crippen molar-refractivity contribution in [2.45, 2.75) is 6.92 Å². The van der Waals surface area contributed by atoms with Gasteiger partial charge in [-0.15, -0.1) is 0 Å². The van der Waals surface area contributed by atoms with Crippen LogP contribution in [0.3, 0.4) is 0 Å². The molecule has 0 N–H and O–H groups in total. The Bertz CT molecular complexity index is 1160. The first kappa shape index (κ1) is 20.9. The molecule has 3 aromatic carbocycles. The predicted molar refractivity (Wildman–Crippen MR) is 123 cm³/mol. The first-order valence-corrected chi connectivity index (χ1v) is 10.6. The molecule has 5 nitrogen and oxygen atoms in total. The highest BCUT2D eigenvalue weighted by Crippen LogP contribution is 2.28. The molecule has 0 aliphatic carbocycles. The van der Waals surface area contributed by atoms with Crippen molar-refractivity contribution in [2.75, 3.05) is 13.2 Å². The van der Waals surface area contributed by atoms with Crippen LogP contribution in [0.1, 0.15) is 16.7 Å². The highest BCUT2D eigenvalue weighted by atomic mass is 79.9. The van der Waals surface area contributed by atoms with Crippen molar-refractivity contribution in [1.29, 1.82) is 0 Å². The van der Waals surface area contributed by atoms with Gasteiger partial charge in [-0.05, 0) is 55.0 Å². The molecule has 0 fully saturated rings. The maximum Gasteiger partial charge on any atom is 0.363 e. The molecule has 31 heavy (non-hydrogen) atoms. The summed E-state index contributed by atoms with van der Waals surface area (Å²) in [6.07, 6.45) is 1.67. The van der Waals surface area contributed by atoms with Crippen molar-refractivity contribution in [3.05, 3.63) is 99.7 Å². The second-order valence-corrected chi connectivity index (χ2v) is 7.76. The van der Waals surface area contributed by atoms with Crippen LogP contribution in [0, 0.1) is 6.92 Å². The summed E-state index contributed by atoms with van der Waals surface area (Å²) in [5.41, 5.74) is 2.76. The largest absolute Gasteiger partial charge is 0.490 e. The van der Waals surface area contributed by atoms with E-state index < -0.39 is 5.97 Å². The molecule has 1 aliphatic heterocycles. The molecule has 0 saturated heterocycles. The summed E-state index contributed by atoms with van der Waals surface area (Å²) < 4.78 is 17.9. The second-order valence-electron chi connectivity index (χ2n) is 6.85. The summed E-state index contributed by atoms with van der Waals surface area (Å²) in [6.45, 7) is 2.75. The van der Waals surface area contributed by atoms with Gasteiger partial charge in [-0.2, -0.15) is 0 Å². The minimum Gasteiger partial charge on any atom is -0.490 e. The molecule has 0 atom stereocenters. The molecule has 0 amide bonds. The number of carbonyl (C=O) groups excluding carboxylic acids is 1. The number of esters is 1. The number of rotatable bonds is 7. The Labute approximate surface area is 189 Å². The van der Waals surface area contributed by atoms with Crippen molar-refractivity contribution in [1.82, 2.24) is 0 Å². The fraction of sp³-hybridized carbons (Fsp3) is 0.120. The molecule has 0 bridgehead atoms. The monoisotopic (exact) mass is 477 g/mol. The van der Waals surface area contributed by atoms with Crippen LogP contribution in [-0.2, 0) is 9.53 Å². The predicted octanol–water partition coefficient (Wildman–Crippen LogP) is 5.56. The summed E-state index contributed by atoms with van der Waals surface area (Å²) in [5.74, 6) is 1.26. The number of benzene rings is 3. The quantitative estimate of drug-likeness (QED) is 0.254. The number of nitrogens with zero attached hydrogens (tertiary/aromatic N) is 1. The summed E-state index contributed by atoms with van der Waals surface area (Å²) >= 11 is 3.47. The maximum atomic E-state index is 12.3. The molecule has 6 heteroatoms. The van der Waals surface area contributed by atoms with E-state index in [9.17, 15) is 4.79 Å². The lowest BCUT2D eigenvalue weighted by molar-refractivity contribution is -0.129. The third kappa shape index (κ3) is 5.22. The van der Waals surface area contributed by atoms with Gasteiger partial charge in [-0.25, -0.2) is 9.79 Å². The summed E-state index contributed by atoms with van der Waals surface area (Å²) in [4.78, 5) is 16.7. The van der Waals surface area contributed by atoms with Crippen molar-refractivity contribution in [2.24, 2.45) is 4.99 Å². The first-order valence-electron chi connectivity index (χ1n) is 9.79. The zero-order chi connectivity index (χ0) is 21.6. The van der Waals surface area contributed by atoms with Gasteiger partial charge in [0.2, 0.25) is 5.90 Å². The Hall–Kier alpha value is -3.38. The van der Waals surface area contributed by atoms with E-state index in [0.717, 1.165) is 26.9 Å². The van der Waals surface area contributed by atoms with E-state index in [1.165, 1.54) is 0 Å². The van der Waals surface area contributed by atoms with Crippen molar-refractivity contribution in [3.8, 4) is 11.5 Å². The van der Waals surface area contributed by atoms with Crippen LogP contribution in [0.5, 0.6) is 11.5 Å². The molecule has 0 aromatic heterocycles. The van der Waals surface area contributed by atoms with E-state index in [0.29, 0.717) is 24.9 Å². The van der Waals surface area contributed by atoms with E-state index >= 15 is 0 Å². The van der Waals surface area contributed by atoms with Gasteiger partial charge in [-0.3, -0.25) is 0 Å². The summed E-state index contributed by atoms with van der Waals surface area (Å²) in [6, 6.07) is 22.7. The second kappa shape index (κ2) is 9.62. The van der Waals surface area contributed by atoms with E-state index in [1.807, 2.05) is 79.7 Å². The number of aliphatic imine (C=N–C) groups is 1. The van der Waals surface area contributed by atoms with Gasteiger partial charge >= 0.3 is 5.97 Å². The summed E-state index contributed by atoms with van der Waals surface area (Å²) in [5, 5.41) is 0. The molecule has 1 heterocycles. The number of halogens is 1. The molecular formula is C25H20BrNO4. The van der Waals surface area contributed by atoms with E-state index in [4.69, 9.17) is 14.2 Å². The van der Waals surface area contributed by atoms with Crippen molar-refractivity contribution >= 4 is 33.9 Å². The lowest BCUT2D eigenvalue weighted by Crippen LogP contribution is -2.10. The number of hydrogen-bond acceptors (Lipinski definition) is 5. The molecule has 3 aromatic rings. The minimum absolute atomic E-state index is 0.220. The number of para-hydroxylation sites is 1. The Balaban J connectivity index is 1.48. The zero-order valence-corrected chi connectivity index (χ0v) is 18.5. The van der Waals surface area contributed by atoms with Crippen LogP contribution >= 0.6 is 15.9 Å². The van der Waals surface area contributed by atoms with E-state index in [2.05, 4.69) is 20.9 Å². The van der Waals surface area contributed by atoms with Crippen LogP contribution in [0.15, 0.2) is 88.0 Å². The molecule has 156 valence electrons. The van der Waals surface area contributed by atoms with Gasteiger partial charge in [0.15, 0.2) is 5.70 Å². The standard InChI is InChI=1S/C25H20BrNO4/c1-17-7-5-6-10-22(17)29-13-14-30-23-12-11-20(26)15-19(23)16-21-25(28)31-24(27-21)18-8-3-2-4-9-18/h2-12,15-16H,13-14H2,1H3. The Kier molecular flexibility index (Phi) is 6.48. The number of carbonyl (C=O) groups is 1. The number of aryl methyl sites for hydroxylation is 1. The molecule has 0 radical (unpaired) electrons. The SMILES string of the molecule is Cc1ccccc1OCCOc1ccc(Br)cc1C=C1N=C(c2ccccc2)OC1=O. The fourth-order valence-electron chi connectivity index (χ4n) is 3.05. The average Bonchev–Trinajstić information content (AvgIpc) is 3.14.